The maximum Gasteiger partial charge on any atom is 0.159 e. The Bertz CT molecular complexity index is 762. The van der Waals surface area contributed by atoms with E-state index in [9.17, 15) is 4.39 Å². The lowest BCUT2D eigenvalue weighted by Gasteiger charge is -2.06. The van der Waals surface area contributed by atoms with Crippen molar-refractivity contribution in [2.45, 2.75) is 6.54 Å². The zero-order chi connectivity index (χ0) is 16.7. The monoisotopic (exact) mass is 311 g/mol. The zero-order valence-electron chi connectivity index (χ0n) is 12.5. The average Bonchev–Trinajstić information content (AvgIpc) is 2.64. The molecule has 0 fully saturated rings. The summed E-state index contributed by atoms with van der Waals surface area (Å²) in [4.78, 5) is 8.83. The maximum absolute atomic E-state index is 13.5. The Kier molecular flexibility index (Phi) is 5.87. The van der Waals surface area contributed by atoms with Gasteiger partial charge in [-0.3, -0.25) is 11.7 Å². The molecule has 3 rings (SSSR count). The van der Waals surface area contributed by atoms with Crippen molar-refractivity contribution in [1.82, 2.24) is 9.97 Å². The van der Waals surface area contributed by atoms with E-state index in [1.165, 1.54) is 6.07 Å². The quantitative estimate of drug-likeness (QED) is 0.508. The molecule has 0 unspecified atom stereocenters. The third-order valence-corrected chi connectivity index (χ3v) is 3.25. The molecule has 0 bridgehead atoms. The Morgan fingerprint density at radius 2 is 1.65 bits per heavy atom. The maximum atomic E-state index is 13.5. The van der Waals surface area contributed by atoms with Gasteiger partial charge in [-0.2, -0.15) is 0 Å². The first-order chi connectivity index (χ1) is 11.3. The predicted molar refractivity (Wildman–Crippen MR) is 89.1 cm³/mol. The molecule has 0 amide bonds. The van der Waals surface area contributed by atoms with Crippen molar-refractivity contribution in [2.24, 2.45) is 17.4 Å². The van der Waals surface area contributed by atoms with Gasteiger partial charge in [-0.05, 0) is 24.3 Å². The highest BCUT2D eigenvalue weighted by molar-refractivity contribution is 5.64. The van der Waals surface area contributed by atoms with Crippen LogP contribution in [0.15, 0.2) is 60.8 Å². The van der Waals surface area contributed by atoms with Crippen LogP contribution in [-0.2, 0) is 6.54 Å². The average molecular weight is 311 g/mol. The summed E-state index contributed by atoms with van der Waals surface area (Å²) in [6.07, 6.45) is 1.70. The minimum atomic E-state index is -0.293. The number of nitrogens with zero attached hydrogens (tertiary/aromatic N) is 2. The van der Waals surface area contributed by atoms with Crippen LogP contribution in [0.25, 0.3) is 22.6 Å². The van der Waals surface area contributed by atoms with Gasteiger partial charge in [-0.15, -0.1) is 0 Å². The Labute approximate surface area is 134 Å². The van der Waals surface area contributed by atoms with Crippen LogP contribution in [0.1, 0.15) is 5.56 Å². The molecule has 0 atom stereocenters. The van der Waals surface area contributed by atoms with Crippen molar-refractivity contribution >= 4 is 0 Å². The molecule has 0 aliphatic rings. The van der Waals surface area contributed by atoms with E-state index >= 15 is 0 Å². The van der Waals surface area contributed by atoms with Gasteiger partial charge >= 0.3 is 0 Å². The van der Waals surface area contributed by atoms with Crippen LogP contribution in [0.4, 0.5) is 4.39 Å². The molecule has 0 radical (unpaired) electrons. The van der Waals surface area contributed by atoms with Gasteiger partial charge in [-0.1, -0.05) is 30.3 Å². The fourth-order valence-electron chi connectivity index (χ4n) is 2.14. The minimum absolute atomic E-state index is 0.163. The number of benzene rings is 2. The van der Waals surface area contributed by atoms with E-state index in [1.807, 2.05) is 30.3 Å². The van der Waals surface area contributed by atoms with Gasteiger partial charge in [0.25, 0.3) is 0 Å². The van der Waals surface area contributed by atoms with Gasteiger partial charge in [-0.25, -0.2) is 14.4 Å². The second-order valence-corrected chi connectivity index (χ2v) is 4.64. The molecule has 118 valence electrons. The van der Waals surface area contributed by atoms with Crippen LogP contribution in [-0.4, -0.2) is 9.97 Å². The van der Waals surface area contributed by atoms with Crippen molar-refractivity contribution in [3.63, 3.8) is 0 Å². The summed E-state index contributed by atoms with van der Waals surface area (Å²) < 4.78 is 13.5. The number of aromatic nitrogens is 2. The highest BCUT2D eigenvalue weighted by Crippen LogP contribution is 2.22. The molecular formula is C17H18FN5. The van der Waals surface area contributed by atoms with Gasteiger partial charge in [0.2, 0.25) is 0 Å². The largest absolute Gasteiger partial charge is 0.326 e. The third kappa shape index (κ3) is 3.95. The zero-order valence-corrected chi connectivity index (χ0v) is 12.5. The molecule has 6 heteroatoms. The van der Waals surface area contributed by atoms with E-state index in [4.69, 9.17) is 5.73 Å². The fraction of sp³-hybridized carbons (Fsp3) is 0.0588. The molecule has 0 saturated carbocycles. The second kappa shape index (κ2) is 8.09. The fourth-order valence-corrected chi connectivity index (χ4v) is 2.14. The molecule has 0 saturated heterocycles. The summed E-state index contributed by atoms with van der Waals surface area (Å²) in [5.74, 6) is 8.35. The SMILES string of the molecule is NCc1cc(-c2ccnc(-c3ccccc3)n2)ccc1F.NN. The summed E-state index contributed by atoms with van der Waals surface area (Å²) in [5.41, 5.74) is 8.55. The van der Waals surface area contributed by atoms with E-state index < -0.39 is 0 Å². The molecular weight excluding hydrogens is 293 g/mol. The summed E-state index contributed by atoms with van der Waals surface area (Å²) in [6, 6.07) is 16.4. The molecule has 5 nitrogen and oxygen atoms in total. The second-order valence-electron chi connectivity index (χ2n) is 4.64. The van der Waals surface area contributed by atoms with Crippen molar-refractivity contribution < 1.29 is 4.39 Å². The topological polar surface area (TPSA) is 104 Å². The molecule has 2 aromatic carbocycles. The van der Waals surface area contributed by atoms with Crippen molar-refractivity contribution in [1.29, 1.82) is 0 Å². The van der Waals surface area contributed by atoms with Crippen LogP contribution in [0.5, 0.6) is 0 Å². The normalized spacial score (nSPS) is 9.91. The Hall–Kier alpha value is -2.67. The number of nitrogens with two attached hydrogens (primary N) is 3. The molecule has 0 aliphatic heterocycles. The van der Waals surface area contributed by atoms with E-state index in [2.05, 4.69) is 21.7 Å². The van der Waals surface area contributed by atoms with Crippen LogP contribution in [0.3, 0.4) is 0 Å². The predicted octanol–water partition coefficient (Wildman–Crippen LogP) is 2.23. The first kappa shape index (κ1) is 16.7. The first-order valence-corrected chi connectivity index (χ1v) is 6.98. The highest BCUT2D eigenvalue weighted by Gasteiger charge is 2.07. The lowest BCUT2D eigenvalue weighted by atomic mass is 10.1. The summed E-state index contributed by atoms with van der Waals surface area (Å²) in [5, 5.41) is 0. The van der Waals surface area contributed by atoms with E-state index in [-0.39, 0.29) is 12.4 Å². The molecule has 23 heavy (non-hydrogen) atoms. The number of halogens is 1. The van der Waals surface area contributed by atoms with E-state index in [1.54, 1.807) is 24.4 Å². The highest BCUT2D eigenvalue weighted by atomic mass is 19.1. The standard InChI is InChI=1S/C17H14FN3.H4N2/c18-15-7-6-13(10-14(15)11-19)16-8-9-20-17(21-16)12-4-2-1-3-5-12;1-2/h1-10H,11,19H2;1-2H2. The summed E-state index contributed by atoms with van der Waals surface area (Å²) in [7, 11) is 0. The van der Waals surface area contributed by atoms with Gasteiger partial charge < -0.3 is 5.73 Å². The van der Waals surface area contributed by atoms with E-state index in [0.717, 1.165) is 16.8 Å². The van der Waals surface area contributed by atoms with Crippen molar-refractivity contribution in [3.8, 4) is 22.6 Å². The Balaban J connectivity index is 0.000000924. The summed E-state index contributed by atoms with van der Waals surface area (Å²) >= 11 is 0. The Morgan fingerprint density at radius 3 is 2.35 bits per heavy atom. The number of hydrazine groups is 1. The van der Waals surface area contributed by atoms with E-state index in [0.29, 0.717) is 11.4 Å². The molecule has 3 aromatic rings. The van der Waals surface area contributed by atoms with Crippen LogP contribution in [0.2, 0.25) is 0 Å². The van der Waals surface area contributed by atoms with Gasteiger partial charge in [0, 0.05) is 29.4 Å². The lowest BCUT2D eigenvalue weighted by molar-refractivity contribution is 0.611. The minimum Gasteiger partial charge on any atom is -0.326 e. The lowest BCUT2D eigenvalue weighted by Crippen LogP contribution is -2.02. The van der Waals surface area contributed by atoms with Gasteiger partial charge in [0.1, 0.15) is 5.82 Å². The first-order valence-electron chi connectivity index (χ1n) is 6.98. The number of hydrogen-bond acceptors (Lipinski definition) is 5. The van der Waals surface area contributed by atoms with Gasteiger partial charge in [0.05, 0.1) is 5.69 Å². The molecule has 0 spiro atoms. The van der Waals surface area contributed by atoms with Crippen LogP contribution in [0, 0.1) is 5.82 Å². The Morgan fingerprint density at radius 1 is 0.913 bits per heavy atom. The van der Waals surface area contributed by atoms with Crippen LogP contribution >= 0.6 is 0 Å². The van der Waals surface area contributed by atoms with Crippen LogP contribution < -0.4 is 17.4 Å². The molecule has 0 aliphatic carbocycles. The third-order valence-electron chi connectivity index (χ3n) is 3.25. The van der Waals surface area contributed by atoms with Gasteiger partial charge in [0.15, 0.2) is 5.82 Å². The number of rotatable bonds is 3. The summed E-state index contributed by atoms with van der Waals surface area (Å²) in [6.45, 7) is 0.163. The van der Waals surface area contributed by atoms with Crippen molar-refractivity contribution in [3.05, 3.63) is 72.2 Å². The molecule has 1 aromatic heterocycles. The molecule has 1 heterocycles. The smallest absolute Gasteiger partial charge is 0.159 e. The van der Waals surface area contributed by atoms with Crippen molar-refractivity contribution in [2.75, 3.05) is 0 Å². The number of hydrogen-bond donors (Lipinski definition) is 3. The molecule has 6 N–H and O–H groups in total.